The fraction of sp³-hybridized carbons (Fsp3) is 0.462. The molecule has 0 aliphatic carbocycles. The van der Waals surface area contributed by atoms with Crippen LogP contribution >= 0.6 is 11.3 Å². The molecule has 1 fully saturated rings. The zero-order chi connectivity index (χ0) is 15.0. The number of hydrogen-bond acceptors (Lipinski definition) is 6. The molecule has 114 valence electrons. The van der Waals surface area contributed by atoms with Crippen molar-refractivity contribution >= 4 is 36.7 Å². The van der Waals surface area contributed by atoms with Crippen LogP contribution in [0.15, 0.2) is 23.1 Å². The van der Waals surface area contributed by atoms with Gasteiger partial charge in [0, 0.05) is 12.6 Å². The third-order valence-corrected chi connectivity index (χ3v) is 6.79. The molecule has 1 aliphatic heterocycles. The van der Waals surface area contributed by atoms with E-state index in [1.165, 1.54) is 11.3 Å². The Morgan fingerprint density at radius 3 is 2.95 bits per heavy atom. The summed E-state index contributed by atoms with van der Waals surface area (Å²) in [6.07, 6.45) is 2.93. The first kappa shape index (κ1) is 14.7. The van der Waals surface area contributed by atoms with Gasteiger partial charge >= 0.3 is 0 Å². The molecule has 0 unspecified atom stereocenters. The van der Waals surface area contributed by atoms with Crippen molar-refractivity contribution in [2.24, 2.45) is 5.84 Å². The number of hydrogen-bond donors (Lipinski definition) is 2. The maximum Gasteiger partial charge on any atom is 0.243 e. The van der Waals surface area contributed by atoms with Crippen molar-refractivity contribution in [1.82, 2.24) is 9.29 Å². The lowest BCUT2D eigenvalue weighted by atomic mass is 10.1. The minimum absolute atomic E-state index is 0.0576. The lowest BCUT2D eigenvalue weighted by Gasteiger charge is -2.32. The number of fused-ring (bicyclic) bond motifs is 1. The maximum absolute atomic E-state index is 12.8. The maximum atomic E-state index is 12.8. The molecule has 0 spiro atoms. The van der Waals surface area contributed by atoms with E-state index in [1.54, 1.807) is 22.5 Å². The van der Waals surface area contributed by atoms with Gasteiger partial charge in [0.15, 0.2) is 5.13 Å². The molecule has 2 heterocycles. The Morgan fingerprint density at radius 1 is 1.43 bits per heavy atom. The second-order valence-corrected chi connectivity index (χ2v) is 8.17. The second kappa shape index (κ2) is 5.53. The Labute approximate surface area is 128 Å². The summed E-state index contributed by atoms with van der Waals surface area (Å²) in [4.78, 5) is 4.59. The molecule has 1 aromatic carbocycles. The Balaban J connectivity index is 2.01. The van der Waals surface area contributed by atoms with Crippen LogP contribution in [-0.4, -0.2) is 30.3 Å². The topological polar surface area (TPSA) is 88.3 Å². The van der Waals surface area contributed by atoms with Gasteiger partial charge in [0.1, 0.15) is 0 Å². The van der Waals surface area contributed by atoms with Crippen molar-refractivity contribution < 1.29 is 8.42 Å². The number of nitrogens with one attached hydrogen (secondary N) is 1. The van der Waals surface area contributed by atoms with Crippen molar-refractivity contribution in [3.63, 3.8) is 0 Å². The number of piperidine rings is 1. The summed E-state index contributed by atoms with van der Waals surface area (Å²) in [6, 6.07) is 5.10. The molecule has 0 radical (unpaired) electrons. The summed E-state index contributed by atoms with van der Waals surface area (Å²) in [6.45, 7) is 2.57. The van der Waals surface area contributed by atoms with Gasteiger partial charge in [-0.1, -0.05) is 17.8 Å². The summed E-state index contributed by atoms with van der Waals surface area (Å²) in [5, 5.41) is 0.575. The monoisotopic (exact) mass is 326 g/mol. The van der Waals surface area contributed by atoms with E-state index in [0.717, 1.165) is 29.5 Å². The van der Waals surface area contributed by atoms with Crippen LogP contribution in [0.3, 0.4) is 0 Å². The minimum Gasteiger partial charge on any atom is -0.300 e. The third-order valence-electron chi connectivity index (χ3n) is 3.83. The van der Waals surface area contributed by atoms with Crippen LogP contribution in [0.5, 0.6) is 0 Å². The standard InChI is InChI=1S/C13H18N4O2S2/c1-9-4-2-3-7-17(9)21(18,19)10-5-6-11-12(8-10)20-13(15-11)16-14/h5-6,8-9H,2-4,7,14H2,1H3,(H,15,16)/t9-/m1/s1. The van der Waals surface area contributed by atoms with E-state index in [2.05, 4.69) is 10.4 Å². The van der Waals surface area contributed by atoms with Crippen molar-refractivity contribution in [1.29, 1.82) is 0 Å². The highest BCUT2D eigenvalue weighted by molar-refractivity contribution is 7.89. The lowest BCUT2D eigenvalue weighted by Crippen LogP contribution is -2.41. The fourth-order valence-electron chi connectivity index (χ4n) is 2.69. The van der Waals surface area contributed by atoms with Crippen LogP contribution in [0.25, 0.3) is 10.2 Å². The van der Waals surface area contributed by atoms with Crippen LogP contribution in [0.2, 0.25) is 0 Å². The Kier molecular flexibility index (Phi) is 3.87. The molecule has 1 atom stereocenters. The molecule has 3 N–H and O–H groups in total. The second-order valence-electron chi connectivity index (χ2n) is 5.25. The summed E-state index contributed by atoms with van der Waals surface area (Å²) >= 11 is 1.34. The van der Waals surface area contributed by atoms with Crippen LogP contribution in [0.1, 0.15) is 26.2 Å². The molecule has 6 nitrogen and oxygen atoms in total. The third kappa shape index (κ3) is 2.64. The number of nitrogens with zero attached hydrogens (tertiary/aromatic N) is 2. The molecule has 3 rings (SSSR count). The van der Waals surface area contributed by atoms with Crippen molar-refractivity contribution in [3.05, 3.63) is 18.2 Å². The predicted molar refractivity (Wildman–Crippen MR) is 84.6 cm³/mol. The average molecular weight is 326 g/mol. The molecular formula is C13H18N4O2S2. The number of hydrazine groups is 1. The highest BCUT2D eigenvalue weighted by atomic mass is 32.2. The molecule has 0 saturated carbocycles. The van der Waals surface area contributed by atoms with E-state index in [1.807, 2.05) is 6.92 Å². The van der Waals surface area contributed by atoms with Crippen molar-refractivity contribution in [2.45, 2.75) is 37.1 Å². The fourth-order valence-corrected chi connectivity index (χ4v) is 5.31. The van der Waals surface area contributed by atoms with Crippen LogP contribution in [0, 0.1) is 0 Å². The number of rotatable bonds is 3. The van der Waals surface area contributed by atoms with Gasteiger partial charge in [0.2, 0.25) is 10.0 Å². The van der Waals surface area contributed by atoms with Gasteiger partial charge in [-0.3, -0.25) is 5.43 Å². The molecule has 8 heteroatoms. The number of aromatic nitrogens is 1. The first-order valence-corrected chi connectivity index (χ1v) is 9.17. The molecule has 1 aliphatic rings. The van der Waals surface area contributed by atoms with Crippen LogP contribution in [0.4, 0.5) is 5.13 Å². The molecule has 1 saturated heterocycles. The molecule has 0 amide bonds. The van der Waals surface area contributed by atoms with Gasteiger partial charge in [0.05, 0.1) is 15.1 Å². The first-order valence-electron chi connectivity index (χ1n) is 6.91. The van der Waals surface area contributed by atoms with E-state index in [9.17, 15) is 8.42 Å². The highest BCUT2D eigenvalue weighted by Crippen LogP contribution is 2.30. The SMILES string of the molecule is C[C@@H]1CCCCN1S(=O)(=O)c1ccc2nc(NN)sc2c1. The molecular weight excluding hydrogens is 308 g/mol. The van der Waals surface area contributed by atoms with Crippen molar-refractivity contribution in [2.75, 3.05) is 12.0 Å². The Hall–Kier alpha value is -1.22. The number of thiazole rings is 1. The van der Waals surface area contributed by atoms with E-state index >= 15 is 0 Å². The summed E-state index contributed by atoms with van der Waals surface area (Å²) in [5.74, 6) is 5.34. The highest BCUT2D eigenvalue weighted by Gasteiger charge is 2.31. The van der Waals surface area contributed by atoms with Gasteiger partial charge in [-0.2, -0.15) is 4.31 Å². The van der Waals surface area contributed by atoms with E-state index in [0.29, 0.717) is 16.6 Å². The van der Waals surface area contributed by atoms with Gasteiger partial charge in [-0.25, -0.2) is 19.2 Å². The normalized spacial score (nSPS) is 20.8. The average Bonchev–Trinajstić information content (AvgIpc) is 2.89. The molecule has 0 bridgehead atoms. The quantitative estimate of drug-likeness (QED) is 0.666. The first-order chi connectivity index (χ1) is 10.0. The Bertz CT molecular complexity index is 757. The largest absolute Gasteiger partial charge is 0.300 e. The zero-order valence-corrected chi connectivity index (χ0v) is 13.4. The summed E-state index contributed by atoms with van der Waals surface area (Å²) in [7, 11) is -3.44. The van der Waals surface area contributed by atoms with Crippen LogP contribution < -0.4 is 11.3 Å². The van der Waals surface area contributed by atoms with Gasteiger partial charge in [-0.15, -0.1) is 0 Å². The van der Waals surface area contributed by atoms with E-state index < -0.39 is 10.0 Å². The minimum atomic E-state index is -3.44. The van der Waals surface area contributed by atoms with Gasteiger partial charge in [-0.05, 0) is 38.0 Å². The molecule has 1 aromatic heterocycles. The number of nitrogen functional groups attached to an aromatic ring is 1. The molecule has 2 aromatic rings. The van der Waals surface area contributed by atoms with Gasteiger partial charge < -0.3 is 0 Å². The summed E-state index contributed by atoms with van der Waals surface area (Å²) < 4.78 is 28.0. The van der Waals surface area contributed by atoms with Gasteiger partial charge in [0.25, 0.3) is 0 Å². The van der Waals surface area contributed by atoms with E-state index in [-0.39, 0.29) is 6.04 Å². The lowest BCUT2D eigenvalue weighted by molar-refractivity contribution is 0.268. The smallest absolute Gasteiger partial charge is 0.243 e. The predicted octanol–water partition coefficient (Wildman–Crippen LogP) is 2.15. The number of anilines is 1. The van der Waals surface area contributed by atoms with Crippen LogP contribution in [-0.2, 0) is 10.0 Å². The number of nitrogens with two attached hydrogens (primary N) is 1. The number of sulfonamides is 1. The van der Waals surface area contributed by atoms with E-state index in [4.69, 9.17) is 5.84 Å². The molecule has 21 heavy (non-hydrogen) atoms. The zero-order valence-electron chi connectivity index (χ0n) is 11.7. The summed E-state index contributed by atoms with van der Waals surface area (Å²) in [5.41, 5.74) is 3.24. The van der Waals surface area contributed by atoms with Crippen molar-refractivity contribution in [3.8, 4) is 0 Å². The number of benzene rings is 1. The Morgan fingerprint density at radius 2 is 2.24 bits per heavy atom.